The second kappa shape index (κ2) is 8.23. The lowest BCUT2D eigenvalue weighted by Gasteiger charge is -2.41. The van der Waals surface area contributed by atoms with Crippen LogP contribution in [0.15, 0.2) is 0 Å². The van der Waals surface area contributed by atoms with Crippen LogP contribution in [0.5, 0.6) is 0 Å². The lowest BCUT2D eigenvalue weighted by molar-refractivity contribution is -0.179. The summed E-state index contributed by atoms with van der Waals surface area (Å²) in [5.74, 6) is -6.20. The zero-order chi connectivity index (χ0) is 22.3. The Kier molecular flexibility index (Phi) is 6.36. The molecule has 172 valence electrons. The smallest absolute Gasteiger partial charge is 0.431 e. The highest BCUT2D eigenvalue weighted by atomic mass is 32.2. The molecule has 0 aromatic carbocycles. The Morgan fingerprint density at radius 1 is 1.17 bits per heavy atom. The van der Waals surface area contributed by atoms with Gasteiger partial charge in [0.2, 0.25) is 0 Å². The van der Waals surface area contributed by atoms with E-state index in [2.05, 4.69) is 8.92 Å². The minimum atomic E-state index is -5.84. The number of alkyl halides is 4. The third-order valence-corrected chi connectivity index (χ3v) is 7.24. The molecule has 0 N–H and O–H groups in total. The molecule has 2 heterocycles. The quantitative estimate of drug-likeness (QED) is 0.291. The Labute approximate surface area is 170 Å². The average molecular weight is 462 g/mol. The lowest BCUT2D eigenvalue weighted by atomic mass is 9.67. The van der Waals surface area contributed by atoms with Gasteiger partial charge < -0.3 is 14.2 Å². The van der Waals surface area contributed by atoms with Gasteiger partial charge in [-0.05, 0) is 37.5 Å². The maximum Gasteiger partial charge on any atom is 0.431 e. The van der Waals surface area contributed by atoms with E-state index in [1.54, 1.807) is 0 Å². The number of hydrogen-bond donors (Lipinski definition) is 0. The van der Waals surface area contributed by atoms with Gasteiger partial charge in [0.1, 0.15) is 12.7 Å². The van der Waals surface area contributed by atoms with Crippen LogP contribution in [0.3, 0.4) is 0 Å². The molecule has 2 aliphatic carbocycles. The summed E-state index contributed by atoms with van der Waals surface area (Å²) in [4.78, 5) is 23.8. The van der Waals surface area contributed by atoms with Gasteiger partial charge in [0.15, 0.2) is 0 Å². The third-order valence-electron chi connectivity index (χ3n) is 5.87. The van der Waals surface area contributed by atoms with E-state index in [4.69, 9.17) is 9.47 Å². The van der Waals surface area contributed by atoms with Crippen molar-refractivity contribution in [2.24, 2.45) is 17.8 Å². The van der Waals surface area contributed by atoms with Crippen LogP contribution in [0.2, 0.25) is 0 Å². The summed E-state index contributed by atoms with van der Waals surface area (Å²) in [6, 6.07) is 0. The van der Waals surface area contributed by atoms with Gasteiger partial charge in [-0.1, -0.05) is 0 Å². The molecular formula is C17H22F4O8S. The first-order chi connectivity index (χ1) is 13.9. The number of fused-ring (bicyclic) bond motifs is 1. The van der Waals surface area contributed by atoms with Crippen LogP contribution in [0, 0.1) is 17.8 Å². The van der Waals surface area contributed by atoms with E-state index in [1.807, 2.05) is 0 Å². The summed E-state index contributed by atoms with van der Waals surface area (Å²) in [7, 11) is -5.50. The Hall–Kier alpha value is -1.47. The van der Waals surface area contributed by atoms with Crippen molar-refractivity contribution in [1.82, 2.24) is 0 Å². The molecule has 2 saturated heterocycles. The molecule has 4 fully saturated rings. The van der Waals surface area contributed by atoms with Crippen molar-refractivity contribution in [1.29, 1.82) is 0 Å². The Morgan fingerprint density at radius 2 is 1.87 bits per heavy atom. The highest BCUT2D eigenvalue weighted by Crippen LogP contribution is 2.48. The van der Waals surface area contributed by atoms with Gasteiger partial charge in [0, 0.05) is 0 Å². The molecule has 0 amide bonds. The largest absolute Gasteiger partial charge is 0.464 e. The van der Waals surface area contributed by atoms with E-state index in [1.165, 1.54) is 0 Å². The van der Waals surface area contributed by atoms with Gasteiger partial charge in [0.05, 0.1) is 32.2 Å². The lowest BCUT2D eigenvalue weighted by Crippen LogP contribution is -2.48. The SMILES string of the molecule is COS(=O)(=O)C(F)(F)C(F)(F)CCOC(=O)COC1C2CC3CC(C2)C(=O)OC1C3. The number of halogens is 4. The molecule has 4 bridgehead atoms. The van der Waals surface area contributed by atoms with Crippen LogP contribution in [-0.4, -0.2) is 64.1 Å². The van der Waals surface area contributed by atoms with Crippen LogP contribution in [0.25, 0.3) is 0 Å². The normalized spacial score (nSPS) is 31.4. The molecule has 0 radical (unpaired) electrons. The highest BCUT2D eigenvalue weighted by Gasteiger charge is 2.66. The minimum Gasteiger partial charge on any atom is -0.464 e. The van der Waals surface area contributed by atoms with Gasteiger partial charge in [-0.25, -0.2) is 4.79 Å². The van der Waals surface area contributed by atoms with E-state index in [0.29, 0.717) is 25.9 Å². The molecule has 2 aliphatic heterocycles. The van der Waals surface area contributed by atoms with E-state index in [0.717, 1.165) is 12.8 Å². The number of rotatable bonds is 9. The van der Waals surface area contributed by atoms with Crippen LogP contribution in [0.1, 0.15) is 32.1 Å². The highest BCUT2D eigenvalue weighted by molar-refractivity contribution is 7.87. The summed E-state index contributed by atoms with van der Waals surface area (Å²) >= 11 is 0. The van der Waals surface area contributed by atoms with Gasteiger partial charge in [0.25, 0.3) is 0 Å². The Bertz CT molecular complexity index is 787. The van der Waals surface area contributed by atoms with Crippen molar-refractivity contribution in [3.8, 4) is 0 Å². The number of ether oxygens (including phenoxy) is 3. The molecule has 0 spiro atoms. The molecule has 4 rings (SSSR count). The number of hydrogen-bond acceptors (Lipinski definition) is 8. The average Bonchev–Trinajstić information content (AvgIpc) is 2.82. The van der Waals surface area contributed by atoms with Crippen LogP contribution in [0.4, 0.5) is 17.6 Å². The van der Waals surface area contributed by atoms with Crippen LogP contribution >= 0.6 is 0 Å². The minimum absolute atomic E-state index is 0.0222. The zero-order valence-corrected chi connectivity index (χ0v) is 16.8. The van der Waals surface area contributed by atoms with E-state index < -0.39 is 59.1 Å². The molecule has 0 aromatic rings. The van der Waals surface area contributed by atoms with Gasteiger partial charge in [-0.3, -0.25) is 8.98 Å². The summed E-state index contributed by atoms with van der Waals surface area (Å²) < 4.78 is 95.0. The van der Waals surface area contributed by atoms with Gasteiger partial charge in [-0.15, -0.1) is 0 Å². The molecule has 13 heteroatoms. The number of carbonyl (C=O) groups excluding carboxylic acids is 2. The van der Waals surface area contributed by atoms with E-state index >= 15 is 0 Å². The first-order valence-corrected chi connectivity index (χ1v) is 10.8. The second-order valence-corrected chi connectivity index (χ2v) is 9.58. The number of esters is 2. The predicted molar refractivity (Wildman–Crippen MR) is 90.0 cm³/mol. The maximum absolute atomic E-state index is 13.6. The van der Waals surface area contributed by atoms with Crippen molar-refractivity contribution < 1.29 is 54.0 Å². The van der Waals surface area contributed by atoms with Crippen molar-refractivity contribution in [2.45, 2.75) is 55.5 Å². The van der Waals surface area contributed by atoms with Crippen molar-refractivity contribution >= 4 is 22.1 Å². The van der Waals surface area contributed by atoms with Crippen LogP contribution < -0.4 is 0 Å². The predicted octanol–water partition coefficient (Wildman–Crippen LogP) is 1.87. The standard InChI is InChI=1S/C17H22F4O8S/c1-26-30(24,25)17(20,21)16(18,19)2-3-27-13(22)8-28-14-10-4-9-5-11(7-10)15(23)29-12(14)6-9/h9-12,14H,2-8H2,1H3. The summed E-state index contributed by atoms with van der Waals surface area (Å²) in [6.07, 6.45) is 0.0552. The van der Waals surface area contributed by atoms with E-state index in [9.17, 15) is 35.6 Å². The van der Waals surface area contributed by atoms with Crippen molar-refractivity contribution in [2.75, 3.05) is 20.3 Å². The fourth-order valence-corrected chi connectivity index (χ4v) is 5.12. The Balaban J connectivity index is 1.48. The first-order valence-electron chi connectivity index (χ1n) is 9.41. The number of carbonyl (C=O) groups is 2. The molecule has 2 saturated carbocycles. The molecule has 8 nitrogen and oxygen atoms in total. The van der Waals surface area contributed by atoms with Gasteiger partial charge >= 0.3 is 33.2 Å². The molecule has 0 aromatic heterocycles. The third kappa shape index (κ3) is 4.28. The molecule has 4 aliphatic rings. The molecule has 5 unspecified atom stereocenters. The van der Waals surface area contributed by atoms with Gasteiger partial charge in [-0.2, -0.15) is 26.0 Å². The summed E-state index contributed by atoms with van der Waals surface area (Å²) in [6.45, 7) is -1.79. The fourth-order valence-electron chi connectivity index (χ4n) is 4.44. The van der Waals surface area contributed by atoms with Crippen molar-refractivity contribution in [3.63, 3.8) is 0 Å². The second-order valence-electron chi connectivity index (χ2n) is 7.83. The van der Waals surface area contributed by atoms with E-state index in [-0.39, 0.29) is 17.8 Å². The molecular weight excluding hydrogens is 440 g/mol. The fraction of sp³-hybridized carbons (Fsp3) is 0.882. The zero-order valence-electron chi connectivity index (χ0n) is 16.0. The monoisotopic (exact) mass is 462 g/mol. The summed E-state index contributed by atoms with van der Waals surface area (Å²) in [5, 5.41) is -5.49. The molecule has 30 heavy (non-hydrogen) atoms. The topological polar surface area (TPSA) is 105 Å². The van der Waals surface area contributed by atoms with Crippen LogP contribution in [-0.2, 0) is 38.1 Å². The molecule has 5 atom stereocenters. The summed E-state index contributed by atoms with van der Waals surface area (Å²) in [5.41, 5.74) is 0. The maximum atomic E-state index is 13.6. The first kappa shape index (κ1) is 23.2. The Morgan fingerprint density at radius 3 is 2.53 bits per heavy atom. The van der Waals surface area contributed by atoms with Crippen molar-refractivity contribution in [3.05, 3.63) is 0 Å².